The van der Waals surface area contributed by atoms with Gasteiger partial charge in [-0.2, -0.15) is 0 Å². The van der Waals surface area contributed by atoms with Gasteiger partial charge in [-0.15, -0.1) is 0 Å². The van der Waals surface area contributed by atoms with Crippen molar-refractivity contribution in [1.82, 2.24) is 5.32 Å². The Hall–Kier alpha value is -0.120. The summed E-state index contributed by atoms with van der Waals surface area (Å²) in [6.07, 6.45) is 2.78. The molecule has 3 nitrogen and oxygen atoms in total. The lowest BCUT2D eigenvalue weighted by molar-refractivity contribution is 0.102. The third-order valence-corrected chi connectivity index (χ3v) is 1.40. The molecule has 1 fully saturated rings. The monoisotopic (exact) mass is 161 g/mol. The van der Waals surface area contributed by atoms with Crippen LogP contribution in [0.15, 0.2) is 0 Å². The van der Waals surface area contributed by atoms with Gasteiger partial charge in [-0.1, -0.05) is 0 Å². The highest BCUT2D eigenvalue weighted by molar-refractivity contribution is 4.55. The van der Waals surface area contributed by atoms with Crippen molar-refractivity contribution < 1.29 is 9.84 Å². The maximum absolute atomic E-state index is 8.07. The van der Waals surface area contributed by atoms with Crippen molar-refractivity contribution in [2.24, 2.45) is 0 Å². The van der Waals surface area contributed by atoms with E-state index in [1.807, 2.05) is 6.92 Å². The van der Waals surface area contributed by atoms with Gasteiger partial charge in [0.15, 0.2) is 0 Å². The Morgan fingerprint density at radius 3 is 2.18 bits per heavy atom. The van der Waals surface area contributed by atoms with Gasteiger partial charge in [0.25, 0.3) is 0 Å². The number of nitrogens with one attached hydrogen (secondary N) is 1. The van der Waals surface area contributed by atoms with Crippen LogP contribution in [0, 0.1) is 0 Å². The summed E-state index contributed by atoms with van der Waals surface area (Å²) in [4.78, 5) is 0. The van der Waals surface area contributed by atoms with Gasteiger partial charge in [0.2, 0.25) is 0 Å². The maximum atomic E-state index is 8.07. The fourth-order valence-corrected chi connectivity index (χ4v) is 0.834. The molecule has 0 aromatic carbocycles. The van der Waals surface area contributed by atoms with Crippen LogP contribution in [0.1, 0.15) is 19.8 Å². The molecule has 1 saturated heterocycles. The third-order valence-electron chi connectivity index (χ3n) is 1.40. The van der Waals surface area contributed by atoms with Gasteiger partial charge in [-0.05, 0) is 32.9 Å². The molecule has 0 aromatic heterocycles. The molecule has 0 saturated carbocycles. The van der Waals surface area contributed by atoms with E-state index in [1.165, 1.54) is 25.9 Å². The van der Waals surface area contributed by atoms with Crippen LogP contribution in [0.25, 0.3) is 0 Å². The quantitative estimate of drug-likeness (QED) is 0.588. The van der Waals surface area contributed by atoms with Crippen LogP contribution < -0.4 is 5.32 Å². The lowest BCUT2D eigenvalue weighted by Crippen LogP contribution is -2.03. The first kappa shape index (κ1) is 10.9. The van der Waals surface area contributed by atoms with Crippen molar-refractivity contribution in [3.63, 3.8) is 0 Å². The number of aliphatic hydroxyl groups is 1. The van der Waals surface area contributed by atoms with E-state index < -0.39 is 0 Å². The lowest BCUT2D eigenvalue weighted by Gasteiger charge is -1.91. The van der Waals surface area contributed by atoms with Crippen LogP contribution in [0.5, 0.6) is 0 Å². The molecular formula is C8H19NO2. The van der Waals surface area contributed by atoms with Crippen LogP contribution in [-0.4, -0.2) is 38.0 Å². The summed E-state index contributed by atoms with van der Waals surface area (Å²) in [6.45, 7) is 5.70. The fraction of sp³-hybridized carbons (Fsp3) is 1.00. The minimum atomic E-state index is 0.133. The van der Waals surface area contributed by atoms with Crippen molar-refractivity contribution in [3.8, 4) is 0 Å². The molecule has 0 spiro atoms. The summed E-state index contributed by atoms with van der Waals surface area (Å²) in [6, 6.07) is 0. The Bertz CT molecular complexity index is 53.5. The predicted octanol–water partition coefficient (Wildman–Crippen LogP) is 0.385. The number of hydrogen-bond donors (Lipinski definition) is 2. The van der Waals surface area contributed by atoms with Crippen LogP contribution in [0.4, 0.5) is 0 Å². The van der Waals surface area contributed by atoms with Gasteiger partial charge in [0.1, 0.15) is 0 Å². The summed E-state index contributed by atoms with van der Waals surface area (Å²) < 4.78 is 4.73. The summed E-state index contributed by atoms with van der Waals surface area (Å²) >= 11 is 0. The fourth-order valence-electron chi connectivity index (χ4n) is 0.834. The van der Waals surface area contributed by atoms with Crippen molar-refractivity contribution >= 4 is 0 Å². The van der Waals surface area contributed by atoms with E-state index in [9.17, 15) is 0 Å². The second-order valence-corrected chi connectivity index (χ2v) is 2.38. The smallest absolute Gasteiger partial charge is 0.0697 e. The summed E-state index contributed by atoms with van der Waals surface area (Å²) in [7, 11) is 0. The zero-order chi connectivity index (χ0) is 8.36. The van der Waals surface area contributed by atoms with E-state index >= 15 is 0 Å². The van der Waals surface area contributed by atoms with E-state index in [0.717, 1.165) is 0 Å². The molecule has 1 rings (SSSR count). The van der Waals surface area contributed by atoms with Gasteiger partial charge >= 0.3 is 0 Å². The first-order valence-electron chi connectivity index (χ1n) is 4.31. The van der Waals surface area contributed by atoms with Gasteiger partial charge in [0, 0.05) is 6.61 Å². The third kappa shape index (κ3) is 9.88. The van der Waals surface area contributed by atoms with Crippen LogP contribution >= 0.6 is 0 Å². The molecule has 0 radical (unpaired) electrons. The molecule has 0 aromatic rings. The molecule has 0 bridgehead atoms. The Morgan fingerprint density at radius 1 is 1.36 bits per heavy atom. The minimum absolute atomic E-state index is 0.133. The standard InChI is InChI=1S/C4H9N.C4H10O2/c1-2-4-5-3-1;1-2-6-4-3-5/h5H,1-4H2;5H,2-4H2,1H3. The molecule has 1 heterocycles. The Kier molecular flexibility index (Phi) is 9.77. The molecule has 3 heteroatoms. The van der Waals surface area contributed by atoms with Gasteiger partial charge in [0.05, 0.1) is 13.2 Å². The molecule has 0 amide bonds. The highest BCUT2D eigenvalue weighted by Gasteiger charge is 1.93. The van der Waals surface area contributed by atoms with Gasteiger partial charge in [-0.25, -0.2) is 0 Å². The lowest BCUT2D eigenvalue weighted by atomic mass is 10.4. The van der Waals surface area contributed by atoms with Crippen LogP contribution in [0.2, 0.25) is 0 Å². The number of ether oxygens (including phenoxy) is 1. The van der Waals surface area contributed by atoms with Crippen molar-refractivity contribution in [1.29, 1.82) is 0 Å². The Labute approximate surface area is 68.8 Å². The molecule has 1 aliphatic rings. The van der Waals surface area contributed by atoms with Crippen LogP contribution in [0.3, 0.4) is 0 Å². The molecular weight excluding hydrogens is 142 g/mol. The maximum Gasteiger partial charge on any atom is 0.0697 e. The Morgan fingerprint density at radius 2 is 2.00 bits per heavy atom. The molecule has 68 valence electrons. The SMILES string of the molecule is C1CCNC1.CCOCCO. The molecule has 2 N–H and O–H groups in total. The number of aliphatic hydroxyl groups excluding tert-OH is 1. The van der Waals surface area contributed by atoms with E-state index in [1.54, 1.807) is 0 Å². The zero-order valence-corrected chi connectivity index (χ0v) is 7.31. The van der Waals surface area contributed by atoms with E-state index in [4.69, 9.17) is 9.84 Å². The summed E-state index contributed by atoms with van der Waals surface area (Å²) in [5, 5.41) is 11.3. The summed E-state index contributed by atoms with van der Waals surface area (Å²) in [5.41, 5.74) is 0. The number of hydrogen-bond acceptors (Lipinski definition) is 3. The average molecular weight is 161 g/mol. The molecule has 0 aliphatic carbocycles. The molecule has 11 heavy (non-hydrogen) atoms. The zero-order valence-electron chi connectivity index (χ0n) is 7.31. The van der Waals surface area contributed by atoms with Gasteiger partial charge in [-0.3, -0.25) is 0 Å². The highest BCUT2D eigenvalue weighted by Crippen LogP contribution is 1.90. The topological polar surface area (TPSA) is 41.5 Å². The summed E-state index contributed by atoms with van der Waals surface area (Å²) in [5.74, 6) is 0. The predicted molar refractivity (Wildman–Crippen MR) is 45.7 cm³/mol. The van der Waals surface area contributed by atoms with Crippen molar-refractivity contribution in [2.45, 2.75) is 19.8 Å². The van der Waals surface area contributed by atoms with Crippen LogP contribution in [-0.2, 0) is 4.74 Å². The van der Waals surface area contributed by atoms with Crippen molar-refractivity contribution in [3.05, 3.63) is 0 Å². The molecule has 0 atom stereocenters. The van der Waals surface area contributed by atoms with E-state index in [0.29, 0.717) is 13.2 Å². The second-order valence-electron chi connectivity index (χ2n) is 2.38. The first-order chi connectivity index (χ1) is 5.41. The first-order valence-corrected chi connectivity index (χ1v) is 4.31. The molecule has 0 unspecified atom stereocenters. The average Bonchev–Trinajstić information content (AvgIpc) is 2.57. The minimum Gasteiger partial charge on any atom is -0.394 e. The van der Waals surface area contributed by atoms with Crippen molar-refractivity contribution in [2.75, 3.05) is 32.9 Å². The normalized spacial score (nSPS) is 15.8. The van der Waals surface area contributed by atoms with Gasteiger partial charge < -0.3 is 15.2 Å². The Balaban J connectivity index is 0.000000183. The highest BCUT2D eigenvalue weighted by atomic mass is 16.5. The number of rotatable bonds is 3. The van der Waals surface area contributed by atoms with E-state index in [-0.39, 0.29) is 6.61 Å². The molecule has 1 aliphatic heterocycles. The second kappa shape index (κ2) is 9.88. The van der Waals surface area contributed by atoms with E-state index in [2.05, 4.69) is 5.32 Å². The largest absolute Gasteiger partial charge is 0.394 e.